The first kappa shape index (κ1) is 78.9. The van der Waals surface area contributed by atoms with Crippen LogP contribution in [0.2, 0.25) is 25.3 Å². The van der Waals surface area contributed by atoms with Crippen LogP contribution >= 0.6 is 77.5 Å². The van der Waals surface area contributed by atoms with Gasteiger partial charge in [0.05, 0.1) is 56.9 Å². The van der Waals surface area contributed by atoms with Crippen LogP contribution in [0.4, 0.5) is 28.6 Å². The van der Waals surface area contributed by atoms with Crippen LogP contribution in [-0.2, 0) is 39.8 Å². The van der Waals surface area contributed by atoms with Gasteiger partial charge in [-0.1, -0.05) is 83.3 Å². The minimum Gasteiger partial charge on any atom is -0.399 e. The van der Waals surface area contributed by atoms with Crippen LogP contribution in [0.1, 0.15) is 109 Å². The van der Waals surface area contributed by atoms with Crippen LogP contribution < -0.4 is 24.2 Å². The number of hydrogen-bond donors (Lipinski definition) is 5. The molecule has 6 N–H and O–H groups in total. The summed E-state index contributed by atoms with van der Waals surface area (Å²) < 4.78 is 12.6. The zero-order chi connectivity index (χ0) is 68.6. The quantitative estimate of drug-likeness (QED) is 0.0275. The second kappa shape index (κ2) is 42.0. The summed E-state index contributed by atoms with van der Waals surface area (Å²) in [6, 6.07) is 29.2. The molecule has 0 bridgehead atoms. The molecule has 7 heterocycles. The molecule has 0 saturated carbocycles. The number of nitrogen functional groups attached to an aromatic ring is 1. The first-order chi connectivity index (χ1) is 45.3. The Morgan fingerprint density at radius 2 is 1.01 bits per heavy atom. The van der Waals surface area contributed by atoms with Gasteiger partial charge in [0.15, 0.2) is 0 Å². The molecule has 0 amide bonds. The van der Waals surface area contributed by atoms with Gasteiger partial charge in [0.1, 0.15) is 22.0 Å². The number of halogens is 3. The SMILES string of the molecule is CB(O)O.CCC[CH2][Sn]([CH2]CCC)([CH2]CCC)[c]1cncs1.CCc1cc(-c2cncs2)ccc1N(C)c1cc2c(cn1)ncn2C.CCc1cc(-c2cncs2)ccc1NC.CCc1cc(Br)ccc1N.CCc1cc(Br)ccc1NC.Cn1cnc2cnc(Cl)cc21. The molecule has 0 aliphatic carbocycles. The molecule has 4 aromatic carbocycles. The van der Waals surface area contributed by atoms with Crippen molar-refractivity contribution in [3.8, 4) is 20.9 Å². The molecule has 11 aromatic rings. The maximum Gasteiger partial charge on any atom is 0.134 e. The number of nitrogens with two attached hydrogens (primary N) is 1. The Kier molecular flexibility index (Phi) is 35.3. The molecular weight excluding hydrogens is 1490 g/mol. The molecule has 94 heavy (non-hydrogen) atoms. The maximum atomic E-state index is 7.61. The second-order valence-corrected chi connectivity index (χ2v) is 41.4. The Hall–Kier alpha value is -5.76. The number of anilines is 5. The average molecular weight is 1580 g/mol. The molecule has 15 nitrogen and oxygen atoms in total. The van der Waals surface area contributed by atoms with Crippen LogP contribution in [0.25, 0.3) is 42.9 Å². The molecule has 0 fully saturated rings. The summed E-state index contributed by atoms with van der Waals surface area (Å²) in [5.74, 6) is 0.913. The van der Waals surface area contributed by atoms with Crippen molar-refractivity contribution in [2.45, 2.75) is 133 Å². The van der Waals surface area contributed by atoms with E-state index >= 15 is 0 Å². The molecule has 7 aromatic heterocycles. The van der Waals surface area contributed by atoms with Gasteiger partial charge in [0.2, 0.25) is 0 Å². The number of imidazole rings is 2. The largest absolute Gasteiger partial charge is 0.399 e. The van der Waals surface area contributed by atoms with Crippen LogP contribution in [0, 0.1) is 0 Å². The number of aryl methyl sites for hydroxylation is 6. The zero-order valence-electron chi connectivity index (χ0n) is 56.9. The molecule has 0 aliphatic heterocycles. The van der Waals surface area contributed by atoms with Gasteiger partial charge < -0.3 is 40.4 Å². The molecule has 0 aliphatic rings. The topological polar surface area (TPSA) is 194 Å². The fraction of sp³-hybridized carbons (Fsp3) is 0.366. The molecule has 0 saturated heterocycles. The number of fused-ring (bicyclic) bond motifs is 2. The van der Waals surface area contributed by atoms with Crippen molar-refractivity contribution in [1.82, 2.24) is 44.0 Å². The number of benzene rings is 4. The summed E-state index contributed by atoms with van der Waals surface area (Å²) in [6.07, 6.45) is 25.6. The smallest absolute Gasteiger partial charge is 0.134 e. The van der Waals surface area contributed by atoms with E-state index in [2.05, 4.69) is 210 Å². The van der Waals surface area contributed by atoms with E-state index in [9.17, 15) is 0 Å². The maximum absolute atomic E-state index is 7.61. The molecule has 0 atom stereocenters. The van der Waals surface area contributed by atoms with Crippen molar-refractivity contribution in [1.29, 1.82) is 0 Å². The van der Waals surface area contributed by atoms with Gasteiger partial charge in [-0.15, -0.1) is 22.7 Å². The third-order valence-electron chi connectivity index (χ3n) is 15.7. The number of pyridine rings is 2. The predicted molar refractivity (Wildman–Crippen MR) is 417 cm³/mol. The number of unbranched alkanes of at least 4 members (excludes halogenated alkanes) is 3. The van der Waals surface area contributed by atoms with Gasteiger partial charge in [0, 0.05) is 91.5 Å². The van der Waals surface area contributed by atoms with Gasteiger partial charge in [-0.05, 0) is 127 Å². The zero-order valence-corrected chi connectivity index (χ0v) is 66.2. The number of thiazole rings is 3. The Bertz CT molecular complexity index is 3910. The van der Waals surface area contributed by atoms with Crippen LogP contribution in [0.15, 0.2) is 154 Å². The van der Waals surface area contributed by atoms with E-state index < -0.39 is 25.5 Å². The van der Waals surface area contributed by atoms with E-state index in [0.717, 1.165) is 68.2 Å². The van der Waals surface area contributed by atoms with Crippen molar-refractivity contribution >= 4 is 156 Å². The van der Waals surface area contributed by atoms with Crippen molar-refractivity contribution in [3.63, 3.8) is 0 Å². The Morgan fingerprint density at radius 3 is 1.48 bits per heavy atom. The van der Waals surface area contributed by atoms with Crippen LogP contribution in [0.3, 0.4) is 0 Å². The average Bonchev–Trinajstić information content (AvgIpc) is 1.56. The minimum atomic E-state index is -2.08. The molecule has 0 radical (unpaired) electrons. The van der Waals surface area contributed by atoms with E-state index in [1.165, 1.54) is 106 Å². The standard InChI is InChI=1S/C19H19N5S.C12H14N2S.C9H12BrN.C8H10BrN.C7H6ClN3.3C4H9.C3H2NS.CH5BO2.Sn/c1-4-13-7-14(18-10-20-12-25-18)5-6-16(13)24(3)19-8-17-15(9-21-19)22-11-23(17)2;1-3-9-6-10(4-5-11(9)13-2)12-7-14-8-15-12;1-3-7-6-8(10)4-5-9(7)11-2;1-2-6-5-7(9)3-4-8(6)10;1-11-4-10-5-3-9-7(8)2-6(5)11;3*1-3-4-2;1-2-5-3-4-1;1-2(3)4;/h5-12H,4H2,1-3H3;4-8,13H,3H2,1-2H3;4-6,11H,3H2,1-2H3;3-5H,2,10H2,1H3;2-4H,1H3;3*1,3-4H2,2H3;1,3H;3-4H,1H3;. The van der Waals surface area contributed by atoms with Crippen molar-refractivity contribution in [3.05, 3.63) is 181 Å². The summed E-state index contributed by atoms with van der Waals surface area (Å²) in [6.45, 7) is 16.9. The van der Waals surface area contributed by atoms with Gasteiger partial charge in [-0.3, -0.25) is 9.97 Å². The fourth-order valence-corrected chi connectivity index (χ4v) is 32.0. The number of hydrogen-bond acceptors (Lipinski definition) is 16. The number of nitrogens with one attached hydrogen (secondary N) is 2. The molecule has 11 rings (SSSR count). The minimum absolute atomic E-state index is 0.501. The first-order valence-corrected chi connectivity index (χ1v) is 44.3. The van der Waals surface area contributed by atoms with Crippen molar-refractivity contribution < 1.29 is 10.0 Å². The van der Waals surface area contributed by atoms with E-state index in [0.29, 0.717) is 5.15 Å². The molecule has 23 heteroatoms. The van der Waals surface area contributed by atoms with Crippen LogP contribution in [-0.4, -0.2) is 101 Å². The Morgan fingerprint density at radius 1 is 0.564 bits per heavy atom. The summed E-state index contributed by atoms with van der Waals surface area (Å²) in [4.78, 5) is 34.2. The normalized spacial score (nSPS) is 10.6. The predicted octanol–water partition coefficient (Wildman–Crippen LogP) is 19.4. The number of nitrogens with zero attached hydrogens (tertiary/aromatic N) is 10. The molecular formula is C71H95BBr2ClN13O2S3Sn. The summed E-state index contributed by atoms with van der Waals surface area (Å²) in [7, 11) is 8.72. The second-order valence-electron chi connectivity index (χ2n) is 22.4. The van der Waals surface area contributed by atoms with Gasteiger partial charge >= 0.3 is 129 Å². The van der Waals surface area contributed by atoms with E-state index in [-0.39, 0.29) is 0 Å². The number of aromatic nitrogens is 9. The van der Waals surface area contributed by atoms with Gasteiger partial charge in [-0.2, -0.15) is 0 Å². The van der Waals surface area contributed by atoms with Crippen LogP contribution in [0.5, 0.6) is 0 Å². The number of rotatable bonds is 20. The van der Waals surface area contributed by atoms with Gasteiger partial charge in [0.25, 0.3) is 0 Å². The van der Waals surface area contributed by atoms with Crippen molar-refractivity contribution in [2.24, 2.45) is 14.1 Å². The Labute approximate surface area is 596 Å². The van der Waals surface area contributed by atoms with Gasteiger partial charge in [-0.25, -0.2) is 19.9 Å². The molecule has 502 valence electrons. The fourth-order valence-electron chi connectivity index (χ4n) is 10.4. The summed E-state index contributed by atoms with van der Waals surface area (Å²) in [5, 5.41) is 22.1. The van der Waals surface area contributed by atoms with Crippen molar-refractivity contribution in [2.75, 3.05) is 42.4 Å². The summed E-state index contributed by atoms with van der Waals surface area (Å²) >= 11 is 15.7. The Balaban J connectivity index is 0.000000208. The van der Waals surface area contributed by atoms with E-state index in [1.807, 2.05) is 103 Å². The molecule has 0 unspecified atom stereocenters. The molecule has 0 spiro atoms. The monoisotopic (exact) mass is 1580 g/mol. The third kappa shape index (κ3) is 24.4. The summed E-state index contributed by atoms with van der Waals surface area (Å²) in [5.41, 5.74) is 27.5. The first-order valence-electron chi connectivity index (χ1n) is 32.2. The van der Waals surface area contributed by atoms with E-state index in [4.69, 9.17) is 27.4 Å². The van der Waals surface area contributed by atoms with E-state index in [1.54, 1.807) is 57.5 Å². The third-order valence-corrected chi connectivity index (χ3v) is 37.6.